The molecule has 1 aromatic rings. The highest BCUT2D eigenvalue weighted by Gasteiger charge is 2.21. The minimum atomic E-state index is -0.265. The Kier molecular flexibility index (Phi) is 5.53. The van der Waals surface area contributed by atoms with Crippen molar-refractivity contribution in [3.8, 4) is 0 Å². The molecule has 0 saturated carbocycles. The first-order valence-corrected chi connectivity index (χ1v) is 7.37. The van der Waals surface area contributed by atoms with E-state index >= 15 is 0 Å². The van der Waals surface area contributed by atoms with Gasteiger partial charge in [-0.1, -0.05) is 25.1 Å². The van der Waals surface area contributed by atoms with Gasteiger partial charge < -0.3 is 10.6 Å². The van der Waals surface area contributed by atoms with Crippen molar-refractivity contribution in [3.63, 3.8) is 0 Å². The minimum absolute atomic E-state index is 0.0132. The number of piperidine rings is 1. The summed E-state index contributed by atoms with van der Waals surface area (Å²) in [6, 6.07) is 6.55. The number of halogens is 1. The third kappa shape index (κ3) is 4.30. The van der Waals surface area contributed by atoms with Gasteiger partial charge >= 0.3 is 0 Å². The molecule has 0 bridgehead atoms. The van der Waals surface area contributed by atoms with Gasteiger partial charge in [-0.15, -0.1) is 0 Å². The lowest BCUT2D eigenvalue weighted by atomic mass is 9.84. The van der Waals surface area contributed by atoms with Crippen LogP contribution in [-0.4, -0.2) is 19.0 Å². The largest absolute Gasteiger partial charge is 0.352 e. The van der Waals surface area contributed by atoms with E-state index in [0.717, 1.165) is 25.9 Å². The predicted molar refractivity (Wildman–Crippen MR) is 77.6 cm³/mol. The van der Waals surface area contributed by atoms with Gasteiger partial charge in [0, 0.05) is 18.5 Å². The van der Waals surface area contributed by atoms with E-state index in [1.54, 1.807) is 18.2 Å². The molecule has 0 aromatic heterocycles. The van der Waals surface area contributed by atoms with E-state index in [9.17, 15) is 9.18 Å². The highest BCUT2D eigenvalue weighted by Crippen LogP contribution is 2.24. The van der Waals surface area contributed by atoms with Gasteiger partial charge in [0.15, 0.2) is 0 Å². The predicted octanol–water partition coefficient (Wildman–Crippen LogP) is 2.47. The van der Waals surface area contributed by atoms with E-state index in [2.05, 4.69) is 17.6 Å². The van der Waals surface area contributed by atoms with Crippen molar-refractivity contribution < 1.29 is 9.18 Å². The number of nitrogens with one attached hydrogen (secondary N) is 2. The Morgan fingerprint density at radius 1 is 1.40 bits per heavy atom. The van der Waals surface area contributed by atoms with Crippen LogP contribution < -0.4 is 10.6 Å². The van der Waals surface area contributed by atoms with Gasteiger partial charge in [0.1, 0.15) is 5.82 Å². The molecular weight excluding hydrogens is 255 g/mol. The van der Waals surface area contributed by atoms with Crippen LogP contribution in [0.3, 0.4) is 0 Å². The zero-order chi connectivity index (χ0) is 14.4. The van der Waals surface area contributed by atoms with E-state index in [4.69, 9.17) is 0 Å². The maximum atomic E-state index is 13.4. The summed E-state index contributed by atoms with van der Waals surface area (Å²) >= 11 is 0. The topological polar surface area (TPSA) is 41.1 Å². The summed E-state index contributed by atoms with van der Waals surface area (Å²) in [5, 5.41) is 6.15. The molecule has 1 saturated heterocycles. The first kappa shape index (κ1) is 15.0. The van der Waals surface area contributed by atoms with Crippen LogP contribution in [0.5, 0.6) is 0 Å². The fraction of sp³-hybridized carbons (Fsp3) is 0.562. The van der Waals surface area contributed by atoms with E-state index in [1.807, 2.05) is 0 Å². The molecule has 1 heterocycles. The lowest BCUT2D eigenvalue weighted by molar-refractivity contribution is -0.122. The summed E-state index contributed by atoms with van der Waals surface area (Å²) in [5.74, 6) is 0.756. The molecule has 1 amide bonds. The van der Waals surface area contributed by atoms with Gasteiger partial charge in [0.25, 0.3) is 0 Å². The summed E-state index contributed by atoms with van der Waals surface area (Å²) in [5.41, 5.74) is 0.537. The molecule has 1 unspecified atom stereocenters. The molecule has 0 aliphatic carbocycles. The van der Waals surface area contributed by atoms with Gasteiger partial charge in [-0.3, -0.25) is 4.79 Å². The maximum Gasteiger partial charge on any atom is 0.220 e. The smallest absolute Gasteiger partial charge is 0.220 e. The summed E-state index contributed by atoms with van der Waals surface area (Å²) < 4.78 is 13.4. The number of benzene rings is 1. The molecule has 0 radical (unpaired) electrons. The van der Waals surface area contributed by atoms with Gasteiger partial charge in [-0.2, -0.15) is 0 Å². The highest BCUT2D eigenvalue weighted by atomic mass is 19.1. The Balaban J connectivity index is 1.76. The lowest BCUT2D eigenvalue weighted by Gasteiger charge is -2.27. The second-order valence-corrected chi connectivity index (χ2v) is 5.64. The Morgan fingerprint density at radius 3 is 2.80 bits per heavy atom. The molecule has 110 valence electrons. The van der Waals surface area contributed by atoms with Crippen molar-refractivity contribution in [2.24, 2.45) is 11.8 Å². The quantitative estimate of drug-likeness (QED) is 0.868. The van der Waals surface area contributed by atoms with Gasteiger partial charge in [0.2, 0.25) is 5.91 Å². The van der Waals surface area contributed by atoms with Crippen LogP contribution >= 0.6 is 0 Å². The molecule has 4 heteroatoms. The van der Waals surface area contributed by atoms with Crippen molar-refractivity contribution in [2.45, 2.75) is 32.7 Å². The average Bonchev–Trinajstić information content (AvgIpc) is 2.47. The van der Waals surface area contributed by atoms with E-state index in [-0.39, 0.29) is 18.3 Å². The molecule has 1 aliphatic heterocycles. The Morgan fingerprint density at radius 2 is 2.10 bits per heavy atom. The Labute approximate surface area is 120 Å². The molecule has 2 N–H and O–H groups in total. The van der Waals surface area contributed by atoms with E-state index in [1.165, 1.54) is 6.07 Å². The number of rotatable bonds is 5. The number of hydrogen-bond donors (Lipinski definition) is 2. The number of carbonyl (C=O) groups is 1. The fourth-order valence-electron chi connectivity index (χ4n) is 2.78. The second-order valence-electron chi connectivity index (χ2n) is 5.64. The minimum Gasteiger partial charge on any atom is -0.352 e. The first-order valence-electron chi connectivity index (χ1n) is 7.37. The number of hydrogen-bond acceptors (Lipinski definition) is 2. The van der Waals surface area contributed by atoms with E-state index in [0.29, 0.717) is 23.8 Å². The lowest BCUT2D eigenvalue weighted by Crippen LogP contribution is -2.33. The van der Waals surface area contributed by atoms with Crippen LogP contribution in [0.2, 0.25) is 0 Å². The maximum absolute atomic E-state index is 13.4. The average molecular weight is 278 g/mol. The van der Waals surface area contributed by atoms with Gasteiger partial charge in [0.05, 0.1) is 0 Å². The molecule has 1 fully saturated rings. The van der Waals surface area contributed by atoms with Crippen LogP contribution in [0.1, 0.15) is 31.7 Å². The monoisotopic (exact) mass is 278 g/mol. The van der Waals surface area contributed by atoms with Crippen LogP contribution in [0.15, 0.2) is 24.3 Å². The van der Waals surface area contributed by atoms with Crippen molar-refractivity contribution >= 4 is 5.91 Å². The standard InChI is InChI=1S/C16H23FN2O/c1-12(13-6-8-18-9-7-13)10-16(20)19-11-14-4-2-3-5-15(14)17/h2-5,12-13,18H,6-11H2,1H3,(H,19,20). The van der Waals surface area contributed by atoms with Crippen LogP contribution in [0.4, 0.5) is 4.39 Å². The molecular formula is C16H23FN2O. The van der Waals surface area contributed by atoms with Gasteiger partial charge in [-0.25, -0.2) is 4.39 Å². The third-order valence-corrected chi connectivity index (χ3v) is 4.13. The normalized spacial score (nSPS) is 17.7. The van der Waals surface area contributed by atoms with Crippen molar-refractivity contribution in [3.05, 3.63) is 35.6 Å². The zero-order valence-corrected chi connectivity index (χ0v) is 12.0. The molecule has 1 aromatic carbocycles. The highest BCUT2D eigenvalue weighted by molar-refractivity contribution is 5.76. The summed E-state index contributed by atoms with van der Waals surface area (Å²) in [4.78, 5) is 11.9. The molecule has 0 spiro atoms. The van der Waals surface area contributed by atoms with Crippen molar-refractivity contribution in [1.82, 2.24) is 10.6 Å². The van der Waals surface area contributed by atoms with Crippen LogP contribution in [-0.2, 0) is 11.3 Å². The Hall–Kier alpha value is -1.42. The number of amides is 1. The molecule has 1 atom stereocenters. The van der Waals surface area contributed by atoms with Crippen LogP contribution in [0, 0.1) is 17.7 Å². The Bertz CT molecular complexity index is 444. The van der Waals surface area contributed by atoms with Gasteiger partial charge in [-0.05, 0) is 43.8 Å². The molecule has 20 heavy (non-hydrogen) atoms. The molecule has 2 rings (SSSR count). The molecule has 3 nitrogen and oxygen atoms in total. The summed E-state index contributed by atoms with van der Waals surface area (Å²) in [7, 11) is 0. The SMILES string of the molecule is CC(CC(=O)NCc1ccccc1F)C1CCNCC1. The van der Waals surface area contributed by atoms with E-state index < -0.39 is 0 Å². The van der Waals surface area contributed by atoms with Crippen molar-refractivity contribution in [2.75, 3.05) is 13.1 Å². The van der Waals surface area contributed by atoms with Crippen LogP contribution in [0.25, 0.3) is 0 Å². The van der Waals surface area contributed by atoms with Crippen molar-refractivity contribution in [1.29, 1.82) is 0 Å². The second kappa shape index (κ2) is 7.39. The first-order chi connectivity index (χ1) is 9.66. The molecule has 1 aliphatic rings. The fourth-order valence-corrected chi connectivity index (χ4v) is 2.78. The third-order valence-electron chi connectivity index (χ3n) is 4.13. The zero-order valence-electron chi connectivity index (χ0n) is 12.0. The summed E-state index contributed by atoms with van der Waals surface area (Å²) in [6.45, 7) is 4.50. The summed E-state index contributed by atoms with van der Waals surface area (Å²) in [6.07, 6.45) is 2.81. The number of carbonyl (C=O) groups excluding carboxylic acids is 1.